The van der Waals surface area contributed by atoms with Crippen LogP contribution in [0.25, 0.3) is 6.08 Å². The standard InChI is InChI=1S/C29H17Br2Cl3N2O2S/c30-19-13-18(27(24(31)15-19)38-16-17-3-1-2-4-25(17)34)14-26-28(37)36(23-11-7-21(33)8-12-23)29(39-26)35-22-9-5-20(32)6-10-22/h1-15H,16H2/b26-14-,35-29?. The van der Waals surface area contributed by atoms with Gasteiger partial charge in [0.1, 0.15) is 12.4 Å². The van der Waals surface area contributed by atoms with Gasteiger partial charge in [0.2, 0.25) is 0 Å². The summed E-state index contributed by atoms with van der Waals surface area (Å²) in [6, 6.07) is 25.5. The molecule has 0 aliphatic carbocycles. The highest BCUT2D eigenvalue weighted by atomic mass is 79.9. The number of carbonyl (C=O) groups excluding carboxylic acids is 1. The van der Waals surface area contributed by atoms with E-state index in [1.165, 1.54) is 11.8 Å². The van der Waals surface area contributed by atoms with E-state index < -0.39 is 0 Å². The molecule has 1 aliphatic rings. The zero-order chi connectivity index (χ0) is 27.5. The molecule has 196 valence electrons. The van der Waals surface area contributed by atoms with Crippen LogP contribution in [0.2, 0.25) is 15.1 Å². The Morgan fingerprint density at radius 2 is 1.56 bits per heavy atom. The molecule has 0 spiro atoms. The fourth-order valence-electron chi connectivity index (χ4n) is 3.74. The van der Waals surface area contributed by atoms with Crippen LogP contribution in [-0.4, -0.2) is 11.1 Å². The number of amides is 1. The first-order chi connectivity index (χ1) is 18.8. The van der Waals surface area contributed by atoms with Gasteiger partial charge in [0, 0.05) is 30.7 Å². The van der Waals surface area contributed by atoms with Gasteiger partial charge in [0.15, 0.2) is 5.17 Å². The molecule has 1 amide bonds. The highest BCUT2D eigenvalue weighted by Gasteiger charge is 2.35. The number of halogens is 5. The van der Waals surface area contributed by atoms with Crippen molar-refractivity contribution in [2.24, 2.45) is 4.99 Å². The number of carbonyl (C=O) groups is 1. The third-order valence-electron chi connectivity index (χ3n) is 5.60. The molecule has 39 heavy (non-hydrogen) atoms. The lowest BCUT2D eigenvalue weighted by Gasteiger charge is -2.16. The van der Waals surface area contributed by atoms with Crippen LogP contribution in [0.5, 0.6) is 5.75 Å². The zero-order valence-corrected chi connectivity index (χ0v) is 26.1. The fourth-order valence-corrected chi connectivity index (χ4v) is 6.55. The number of aliphatic imine (C=N–C) groups is 1. The molecule has 4 aromatic rings. The Bertz CT molecular complexity index is 1610. The molecule has 1 saturated heterocycles. The number of thioether (sulfide) groups is 1. The van der Waals surface area contributed by atoms with Crippen LogP contribution >= 0.6 is 78.4 Å². The Morgan fingerprint density at radius 3 is 2.26 bits per heavy atom. The third-order valence-corrected chi connectivity index (χ3v) is 8.48. The number of ether oxygens (including phenoxy) is 1. The van der Waals surface area contributed by atoms with Gasteiger partial charge in [-0.2, -0.15) is 0 Å². The number of nitrogens with zero attached hydrogens (tertiary/aromatic N) is 2. The Morgan fingerprint density at radius 1 is 0.897 bits per heavy atom. The summed E-state index contributed by atoms with van der Waals surface area (Å²) in [5.41, 5.74) is 2.88. The van der Waals surface area contributed by atoms with Gasteiger partial charge >= 0.3 is 0 Å². The average molecular weight is 724 g/mol. The molecule has 0 atom stereocenters. The normalized spacial score (nSPS) is 15.4. The molecule has 0 bridgehead atoms. The summed E-state index contributed by atoms with van der Waals surface area (Å²) in [6.45, 7) is 0.261. The SMILES string of the molecule is O=C1/C(=C/c2cc(Br)cc(Br)c2OCc2ccccc2Cl)SC(=Nc2ccc(Cl)cc2)N1c1ccc(Cl)cc1. The highest BCUT2D eigenvalue weighted by molar-refractivity contribution is 9.11. The Kier molecular flexibility index (Phi) is 9.06. The van der Waals surface area contributed by atoms with Crippen LogP contribution < -0.4 is 9.64 Å². The van der Waals surface area contributed by atoms with Crippen LogP contribution in [0, 0.1) is 0 Å². The fraction of sp³-hybridized carbons (Fsp3) is 0.0345. The lowest BCUT2D eigenvalue weighted by Crippen LogP contribution is -2.28. The second kappa shape index (κ2) is 12.5. The van der Waals surface area contributed by atoms with Gasteiger partial charge in [-0.15, -0.1) is 0 Å². The molecule has 1 fully saturated rings. The lowest BCUT2D eigenvalue weighted by atomic mass is 10.1. The van der Waals surface area contributed by atoms with Crippen molar-refractivity contribution in [1.82, 2.24) is 0 Å². The van der Waals surface area contributed by atoms with Gasteiger partial charge in [-0.1, -0.05) is 68.9 Å². The van der Waals surface area contributed by atoms with Crippen molar-refractivity contribution in [2.75, 3.05) is 4.90 Å². The number of anilines is 1. The summed E-state index contributed by atoms with van der Waals surface area (Å²) in [7, 11) is 0. The lowest BCUT2D eigenvalue weighted by molar-refractivity contribution is -0.113. The summed E-state index contributed by atoms with van der Waals surface area (Å²) in [5, 5.41) is 2.30. The summed E-state index contributed by atoms with van der Waals surface area (Å²) >= 11 is 26.9. The van der Waals surface area contributed by atoms with Crippen LogP contribution in [0.1, 0.15) is 11.1 Å². The first-order valence-corrected chi connectivity index (χ1v) is 15.0. The predicted molar refractivity (Wildman–Crippen MR) is 171 cm³/mol. The maximum absolute atomic E-state index is 13.8. The summed E-state index contributed by atoms with van der Waals surface area (Å²) in [6.07, 6.45) is 1.80. The van der Waals surface area contributed by atoms with Crippen molar-refractivity contribution in [1.29, 1.82) is 0 Å². The second-order valence-corrected chi connectivity index (χ2v) is 12.3. The predicted octanol–water partition coefficient (Wildman–Crippen LogP) is 10.6. The van der Waals surface area contributed by atoms with E-state index >= 15 is 0 Å². The molecule has 0 saturated carbocycles. The van der Waals surface area contributed by atoms with Crippen molar-refractivity contribution in [3.8, 4) is 5.75 Å². The quantitative estimate of drug-likeness (QED) is 0.186. The minimum absolute atomic E-state index is 0.219. The van der Waals surface area contributed by atoms with E-state index in [4.69, 9.17) is 44.5 Å². The smallest absolute Gasteiger partial charge is 0.271 e. The molecule has 1 aliphatic heterocycles. The number of amidine groups is 1. The van der Waals surface area contributed by atoms with Crippen LogP contribution in [-0.2, 0) is 11.4 Å². The van der Waals surface area contributed by atoms with Crippen molar-refractivity contribution in [2.45, 2.75) is 6.61 Å². The Balaban J connectivity index is 1.54. The minimum Gasteiger partial charge on any atom is -0.487 e. The summed E-state index contributed by atoms with van der Waals surface area (Å²) in [4.78, 5) is 20.6. The van der Waals surface area contributed by atoms with Gasteiger partial charge in [-0.05, 0) is 100 Å². The van der Waals surface area contributed by atoms with Gasteiger partial charge in [0.05, 0.1) is 20.8 Å². The van der Waals surface area contributed by atoms with E-state index in [0.29, 0.717) is 47.8 Å². The largest absolute Gasteiger partial charge is 0.487 e. The molecule has 5 rings (SSSR count). The maximum atomic E-state index is 13.8. The second-order valence-electron chi connectivity index (χ2n) is 8.28. The highest BCUT2D eigenvalue weighted by Crippen LogP contribution is 2.41. The molecule has 0 radical (unpaired) electrons. The van der Waals surface area contributed by atoms with Gasteiger partial charge in [0.25, 0.3) is 5.91 Å². The molecule has 0 unspecified atom stereocenters. The van der Waals surface area contributed by atoms with Gasteiger partial charge in [-0.25, -0.2) is 4.99 Å². The number of hydrogen-bond donors (Lipinski definition) is 0. The number of rotatable bonds is 6. The maximum Gasteiger partial charge on any atom is 0.271 e. The Labute approximate surface area is 261 Å². The number of benzene rings is 4. The van der Waals surface area contributed by atoms with Crippen molar-refractivity contribution in [3.63, 3.8) is 0 Å². The molecule has 0 N–H and O–H groups in total. The molecule has 0 aromatic heterocycles. The summed E-state index contributed by atoms with van der Waals surface area (Å²) in [5.74, 6) is 0.364. The molecule has 1 heterocycles. The first-order valence-electron chi connectivity index (χ1n) is 11.5. The monoisotopic (exact) mass is 720 g/mol. The molecule has 4 aromatic carbocycles. The van der Waals surface area contributed by atoms with Crippen LogP contribution in [0.3, 0.4) is 0 Å². The molecular weight excluding hydrogens is 707 g/mol. The van der Waals surface area contributed by atoms with E-state index in [1.807, 2.05) is 36.4 Å². The zero-order valence-electron chi connectivity index (χ0n) is 19.9. The van der Waals surface area contributed by atoms with Gasteiger partial charge < -0.3 is 4.74 Å². The van der Waals surface area contributed by atoms with E-state index in [0.717, 1.165) is 14.5 Å². The third kappa shape index (κ3) is 6.73. The molecule has 4 nitrogen and oxygen atoms in total. The van der Waals surface area contributed by atoms with E-state index in [2.05, 4.69) is 31.9 Å². The topological polar surface area (TPSA) is 41.9 Å². The van der Waals surface area contributed by atoms with Crippen LogP contribution in [0.15, 0.2) is 104 Å². The van der Waals surface area contributed by atoms with E-state index in [9.17, 15) is 4.79 Å². The number of hydrogen-bond acceptors (Lipinski definition) is 4. The minimum atomic E-state index is -0.219. The van der Waals surface area contributed by atoms with E-state index in [1.54, 1.807) is 59.5 Å². The van der Waals surface area contributed by atoms with Crippen LogP contribution in [0.4, 0.5) is 11.4 Å². The van der Waals surface area contributed by atoms with E-state index in [-0.39, 0.29) is 12.5 Å². The summed E-state index contributed by atoms with van der Waals surface area (Å²) < 4.78 is 7.76. The molecule has 10 heteroatoms. The molecular formula is C29H17Br2Cl3N2O2S. The van der Waals surface area contributed by atoms with Crippen molar-refractivity contribution in [3.05, 3.63) is 125 Å². The average Bonchev–Trinajstić information content (AvgIpc) is 3.20. The van der Waals surface area contributed by atoms with Crippen molar-refractivity contribution >= 4 is 107 Å². The van der Waals surface area contributed by atoms with Gasteiger partial charge in [-0.3, -0.25) is 9.69 Å². The first kappa shape index (κ1) is 28.3. The Hall–Kier alpha value is -2.26. The van der Waals surface area contributed by atoms with Crippen molar-refractivity contribution < 1.29 is 9.53 Å².